The Labute approximate surface area is 126 Å². The van der Waals surface area contributed by atoms with Crippen LogP contribution in [0.15, 0.2) is 35.3 Å². The molecule has 0 bridgehead atoms. The standard InChI is InChI=1S/C14H16BrN3O2/c1-10(7-18-3-2-16-8-18)17-6-11-4-13-14(5-12(11)15)20-9-19-13/h2-5,8,10,17H,6-7,9H2,1H3. The van der Waals surface area contributed by atoms with Crippen molar-refractivity contribution < 1.29 is 9.47 Å². The van der Waals surface area contributed by atoms with E-state index in [0.717, 1.165) is 34.6 Å². The SMILES string of the molecule is CC(Cn1ccnc1)NCc1cc2c(cc1Br)OCO2. The van der Waals surface area contributed by atoms with Crippen LogP contribution in [0.4, 0.5) is 0 Å². The number of nitrogens with zero attached hydrogens (tertiary/aromatic N) is 2. The van der Waals surface area contributed by atoms with E-state index in [0.29, 0.717) is 12.8 Å². The van der Waals surface area contributed by atoms with Crippen molar-refractivity contribution in [2.75, 3.05) is 6.79 Å². The summed E-state index contributed by atoms with van der Waals surface area (Å²) in [5.74, 6) is 1.61. The van der Waals surface area contributed by atoms with Crippen LogP contribution in [0.2, 0.25) is 0 Å². The van der Waals surface area contributed by atoms with Gasteiger partial charge in [-0.25, -0.2) is 4.98 Å². The quantitative estimate of drug-likeness (QED) is 0.910. The molecule has 0 radical (unpaired) electrons. The number of benzene rings is 1. The molecule has 0 aliphatic carbocycles. The van der Waals surface area contributed by atoms with Crippen molar-refractivity contribution in [3.8, 4) is 11.5 Å². The summed E-state index contributed by atoms with van der Waals surface area (Å²) >= 11 is 3.57. The van der Waals surface area contributed by atoms with E-state index in [1.807, 2.05) is 24.7 Å². The van der Waals surface area contributed by atoms with E-state index >= 15 is 0 Å². The van der Waals surface area contributed by atoms with Crippen LogP contribution in [0.3, 0.4) is 0 Å². The summed E-state index contributed by atoms with van der Waals surface area (Å²) in [5.41, 5.74) is 1.16. The normalized spacial score (nSPS) is 14.5. The minimum absolute atomic E-state index is 0.301. The molecular weight excluding hydrogens is 322 g/mol. The number of ether oxygens (including phenoxy) is 2. The lowest BCUT2D eigenvalue weighted by molar-refractivity contribution is 0.174. The van der Waals surface area contributed by atoms with Crippen LogP contribution >= 0.6 is 15.9 Å². The second-order valence-electron chi connectivity index (χ2n) is 4.84. The van der Waals surface area contributed by atoms with E-state index in [9.17, 15) is 0 Å². The molecule has 1 aromatic heterocycles. The highest BCUT2D eigenvalue weighted by atomic mass is 79.9. The van der Waals surface area contributed by atoms with Crippen molar-refractivity contribution in [3.63, 3.8) is 0 Å². The number of hydrogen-bond acceptors (Lipinski definition) is 4. The van der Waals surface area contributed by atoms with Gasteiger partial charge in [0.1, 0.15) is 0 Å². The first kappa shape index (κ1) is 13.5. The van der Waals surface area contributed by atoms with Gasteiger partial charge in [0.25, 0.3) is 0 Å². The Balaban J connectivity index is 1.60. The summed E-state index contributed by atoms with van der Waals surface area (Å²) in [5, 5.41) is 3.49. The number of imidazole rings is 1. The molecule has 0 saturated carbocycles. The van der Waals surface area contributed by atoms with E-state index < -0.39 is 0 Å². The van der Waals surface area contributed by atoms with E-state index in [2.05, 4.69) is 37.7 Å². The van der Waals surface area contributed by atoms with Crippen LogP contribution < -0.4 is 14.8 Å². The number of hydrogen-bond donors (Lipinski definition) is 1. The third-order valence-electron chi connectivity index (χ3n) is 3.23. The summed E-state index contributed by atoms with van der Waals surface area (Å²) in [6, 6.07) is 4.32. The summed E-state index contributed by atoms with van der Waals surface area (Å²) in [6.45, 7) is 4.12. The number of nitrogens with one attached hydrogen (secondary N) is 1. The maximum absolute atomic E-state index is 5.40. The molecule has 1 aliphatic heterocycles. The first-order valence-corrected chi connectivity index (χ1v) is 7.29. The molecule has 1 atom stereocenters. The summed E-state index contributed by atoms with van der Waals surface area (Å²) in [7, 11) is 0. The molecule has 1 aromatic carbocycles. The van der Waals surface area contributed by atoms with Gasteiger partial charge in [0.05, 0.1) is 6.33 Å². The largest absolute Gasteiger partial charge is 0.454 e. The number of rotatable bonds is 5. The second-order valence-corrected chi connectivity index (χ2v) is 5.69. The highest BCUT2D eigenvalue weighted by Gasteiger charge is 2.16. The molecule has 3 rings (SSSR count). The van der Waals surface area contributed by atoms with Crippen LogP contribution in [-0.4, -0.2) is 22.4 Å². The highest BCUT2D eigenvalue weighted by Crippen LogP contribution is 2.36. The van der Waals surface area contributed by atoms with Crippen LogP contribution in [0, 0.1) is 0 Å². The van der Waals surface area contributed by atoms with E-state index in [1.165, 1.54) is 0 Å². The van der Waals surface area contributed by atoms with Gasteiger partial charge in [0, 0.05) is 36.0 Å². The van der Waals surface area contributed by atoms with Gasteiger partial charge in [-0.1, -0.05) is 15.9 Å². The fourth-order valence-corrected chi connectivity index (χ4v) is 2.62. The van der Waals surface area contributed by atoms with Crippen LogP contribution in [-0.2, 0) is 13.1 Å². The molecule has 2 aromatic rings. The average Bonchev–Trinajstić information content (AvgIpc) is 3.06. The van der Waals surface area contributed by atoms with Gasteiger partial charge >= 0.3 is 0 Å². The zero-order valence-corrected chi connectivity index (χ0v) is 12.8. The molecular formula is C14H16BrN3O2. The molecule has 1 N–H and O–H groups in total. The number of aromatic nitrogens is 2. The molecule has 0 fully saturated rings. The van der Waals surface area contributed by atoms with Crippen molar-refractivity contribution in [1.82, 2.24) is 14.9 Å². The van der Waals surface area contributed by atoms with Crippen molar-refractivity contribution in [2.24, 2.45) is 0 Å². The van der Waals surface area contributed by atoms with Crippen molar-refractivity contribution in [2.45, 2.75) is 26.1 Å². The Hall–Kier alpha value is -1.53. The minimum Gasteiger partial charge on any atom is -0.454 e. The molecule has 0 amide bonds. The van der Waals surface area contributed by atoms with Gasteiger partial charge in [-0.3, -0.25) is 0 Å². The fourth-order valence-electron chi connectivity index (χ4n) is 2.15. The van der Waals surface area contributed by atoms with E-state index in [4.69, 9.17) is 9.47 Å². The molecule has 20 heavy (non-hydrogen) atoms. The van der Waals surface area contributed by atoms with Crippen LogP contribution in [0.1, 0.15) is 12.5 Å². The van der Waals surface area contributed by atoms with Gasteiger partial charge in [-0.15, -0.1) is 0 Å². The molecule has 6 heteroatoms. The van der Waals surface area contributed by atoms with Crippen LogP contribution in [0.5, 0.6) is 11.5 Å². The molecule has 0 saturated heterocycles. The fraction of sp³-hybridized carbons (Fsp3) is 0.357. The van der Waals surface area contributed by atoms with Gasteiger partial charge in [-0.05, 0) is 24.6 Å². The highest BCUT2D eigenvalue weighted by molar-refractivity contribution is 9.10. The lowest BCUT2D eigenvalue weighted by Gasteiger charge is -2.15. The Kier molecular flexibility index (Phi) is 3.93. The minimum atomic E-state index is 0.301. The summed E-state index contributed by atoms with van der Waals surface area (Å²) in [6.07, 6.45) is 5.59. The first-order chi connectivity index (χ1) is 9.72. The van der Waals surface area contributed by atoms with Crippen molar-refractivity contribution >= 4 is 15.9 Å². The molecule has 106 valence electrons. The topological polar surface area (TPSA) is 48.3 Å². The maximum Gasteiger partial charge on any atom is 0.231 e. The van der Waals surface area contributed by atoms with Gasteiger partial charge in [0.15, 0.2) is 11.5 Å². The average molecular weight is 338 g/mol. The zero-order valence-electron chi connectivity index (χ0n) is 11.2. The Morgan fingerprint density at radius 1 is 1.40 bits per heavy atom. The maximum atomic E-state index is 5.40. The van der Waals surface area contributed by atoms with Crippen molar-refractivity contribution in [1.29, 1.82) is 0 Å². The third kappa shape index (κ3) is 2.96. The first-order valence-electron chi connectivity index (χ1n) is 6.49. The van der Waals surface area contributed by atoms with Gasteiger partial charge in [-0.2, -0.15) is 0 Å². The van der Waals surface area contributed by atoms with Crippen LogP contribution in [0.25, 0.3) is 0 Å². The van der Waals surface area contributed by atoms with Gasteiger partial charge < -0.3 is 19.4 Å². The Morgan fingerprint density at radius 3 is 2.95 bits per heavy atom. The van der Waals surface area contributed by atoms with E-state index in [1.54, 1.807) is 6.20 Å². The molecule has 0 spiro atoms. The number of fused-ring (bicyclic) bond motifs is 1. The second kappa shape index (κ2) is 5.85. The molecule has 1 unspecified atom stereocenters. The monoisotopic (exact) mass is 337 g/mol. The third-order valence-corrected chi connectivity index (χ3v) is 3.96. The molecule has 1 aliphatic rings. The van der Waals surface area contributed by atoms with Crippen molar-refractivity contribution in [3.05, 3.63) is 40.9 Å². The zero-order chi connectivity index (χ0) is 13.9. The smallest absolute Gasteiger partial charge is 0.231 e. The van der Waals surface area contributed by atoms with E-state index in [-0.39, 0.29) is 0 Å². The van der Waals surface area contributed by atoms with Gasteiger partial charge in [0.2, 0.25) is 6.79 Å². The summed E-state index contributed by atoms with van der Waals surface area (Å²) < 4.78 is 13.8. The lowest BCUT2D eigenvalue weighted by atomic mass is 10.2. The Morgan fingerprint density at radius 2 is 2.20 bits per heavy atom. The Bertz CT molecular complexity index is 586. The number of halogens is 1. The summed E-state index contributed by atoms with van der Waals surface area (Å²) in [4.78, 5) is 4.04. The lowest BCUT2D eigenvalue weighted by Crippen LogP contribution is -2.29. The molecule has 2 heterocycles. The predicted molar refractivity (Wildman–Crippen MR) is 78.8 cm³/mol. The predicted octanol–water partition coefficient (Wildman–Crippen LogP) is 2.55. The molecule has 5 nitrogen and oxygen atoms in total.